The number of H-pyrrole nitrogens is 1. The highest BCUT2D eigenvalue weighted by atomic mass is 16.7. The Hall–Kier alpha value is -4.12. The number of unbranched alkanes of at least 4 members (excludes halogenated alkanes) is 2. The molecule has 0 aliphatic carbocycles. The highest BCUT2D eigenvalue weighted by Gasteiger charge is 2.22. The van der Waals surface area contributed by atoms with Gasteiger partial charge in [0.05, 0.1) is 19.1 Å². The van der Waals surface area contributed by atoms with Crippen molar-refractivity contribution in [2.45, 2.75) is 39.2 Å². The van der Waals surface area contributed by atoms with Crippen molar-refractivity contribution < 1.29 is 19.2 Å². The number of tetrazole rings is 1. The molecular formula is C25H31N7O4. The van der Waals surface area contributed by atoms with E-state index in [2.05, 4.69) is 38.2 Å². The van der Waals surface area contributed by atoms with Gasteiger partial charge in [-0.05, 0) is 29.3 Å². The first-order valence-electron chi connectivity index (χ1n) is 11.9. The van der Waals surface area contributed by atoms with Crippen LogP contribution in [0.2, 0.25) is 0 Å². The molecule has 0 saturated heterocycles. The molecule has 0 radical (unpaired) electrons. The van der Waals surface area contributed by atoms with Gasteiger partial charge in [0.25, 0.3) is 5.91 Å². The number of hydrogen-bond donors (Lipinski definition) is 3. The Kier molecular flexibility index (Phi) is 10.5. The lowest BCUT2D eigenvalue weighted by Crippen LogP contribution is -2.43. The molecule has 1 heterocycles. The highest BCUT2D eigenvalue weighted by Crippen LogP contribution is 2.15. The van der Waals surface area contributed by atoms with Gasteiger partial charge < -0.3 is 10.6 Å². The van der Waals surface area contributed by atoms with Gasteiger partial charge in [0.15, 0.2) is 0 Å². The summed E-state index contributed by atoms with van der Waals surface area (Å²) >= 11 is 0. The molecule has 0 saturated carbocycles. The Morgan fingerprint density at radius 2 is 1.94 bits per heavy atom. The number of rotatable bonds is 15. The van der Waals surface area contributed by atoms with Crippen LogP contribution in [0, 0.1) is 5.92 Å². The van der Waals surface area contributed by atoms with Crippen LogP contribution in [0.4, 0.5) is 0 Å². The zero-order chi connectivity index (χ0) is 25.6. The van der Waals surface area contributed by atoms with E-state index in [1.165, 1.54) is 0 Å². The minimum absolute atomic E-state index is 0.0552. The lowest BCUT2D eigenvalue weighted by atomic mass is 10.00. The summed E-state index contributed by atoms with van der Waals surface area (Å²) in [5.41, 5.74) is 1.95. The third kappa shape index (κ3) is 8.27. The van der Waals surface area contributed by atoms with Gasteiger partial charge in [-0.1, -0.05) is 68.7 Å². The molecule has 2 aromatic carbocycles. The zero-order valence-corrected chi connectivity index (χ0v) is 20.2. The summed E-state index contributed by atoms with van der Waals surface area (Å²) in [5.74, 6) is -0.718. The second-order valence-corrected chi connectivity index (χ2v) is 8.20. The molecule has 3 N–H and O–H groups in total. The first kappa shape index (κ1) is 26.5. The molecule has 3 rings (SSSR count). The van der Waals surface area contributed by atoms with Crippen molar-refractivity contribution in [2.75, 3.05) is 13.2 Å². The van der Waals surface area contributed by atoms with Crippen LogP contribution in [0.25, 0.3) is 11.4 Å². The van der Waals surface area contributed by atoms with Gasteiger partial charge in [0.1, 0.15) is 6.61 Å². The first-order chi connectivity index (χ1) is 17.6. The molecule has 3 aromatic rings. The quantitative estimate of drug-likeness (QED) is 0.128. The second-order valence-electron chi connectivity index (χ2n) is 8.20. The predicted molar refractivity (Wildman–Crippen MR) is 132 cm³/mol. The van der Waals surface area contributed by atoms with Crippen LogP contribution in [-0.2, 0) is 21.0 Å². The summed E-state index contributed by atoms with van der Waals surface area (Å²) in [6, 6.07) is 16.3. The van der Waals surface area contributed by atoms with Crippen LogP contribution in [0.5, 0.6) is 0 Å². The molecule has 11 heteroatoms. The van der Waals surface area contributed by atoms with Gasteiger partial charge in [-0.2, -0.15) is 5.21 Å². The number of aromatic nitrogens is 4. The number of hydroxylamine groups is 2. The predicted octanol–water partition coefficient (Wildman–Crippen LogP) is 2.46. The minimum Gasteiger partial charge on any atom is -0.338 e. The van der Waals surface area contributed by atoms with Crippen molar-refractivity contribution in [3.63, 3.8) is 0 Å². The largest absolute Gasteiger partial charge is 0.338 e. The average Bonchev–Trinajstić information content (AvgIpc) is 3.46. The van der Waals surface area contributed by atoms with Crippen molar-refractivity contribution in [3.8, 4) is 11.4 Å². The van der Waals surface area contributed by atoms with E-state index in [1.807, 2.05) is 30.3 Å². The topological polar surface area (TPSA) is 142 Å². The number of nitrogens with zero attached hydrogens (tertiary/aromatic N) is 4. The number of carbonyl (C=O) groups is 3. The standard InChI is InChI=1S/C25H31N7O4/c1-2-3-5-11-22(15-32(18-33)36-16-19-9-6-4-7-10-19)25(35)27-17-26-24(34)21-13-8-12-20(14-21)23-28-30-31-29-23/h4,6-10,12-14,18,22H,2-3,5,11,15-17H2,1H3,(H,26,34)(H,27,35)(H,28,29,30,31)/t22-/m1/s1. The summed E-state index contributed by atoms with van der Waals surface area (Å²) in [6.45, 7) is 2.37. The number of nitrogens with one attached hydrogen (secondary N) is 3. The molecule has 1 atom stereocenters. The fourth-order valence-electron chi connectivity index (χ4n) is 3.56. The van der Waals surface area contributed by atoms with E-state index in [0.717, 1.165) is 29.9 Å². The van der Waals surface area contributed by atoms with Crippen LogP contribution in [0.1, 0.15) is 48.5 Å². The molecule has 1 aromatic heterocycles. The molecule has 0 aliphatic rings. The van der Waals surface area contributed by atoms with Crippen molar-refractivity contribution in [1.82, 2.24) is 36.3 Å². The van der Waals surface area contributed by atoms with Crippen molar-refractivity contribution in [3.05, 3.63) is 65.7 Å². The van der Waals surface area contributed by atoms with E-state index >= 15 is 0 Å². The summed E-state index contributed by atoms with van der Waals surface area (Å²) in [7, 11) is 0. The third-order valence-corrected chi connectivity index (χ3v) is 5.52. The normalized spacial score (nSPS) is 11.5. The van der Waals surface area contributed by atoms with Crippen LogP contribution >= 0.6 is 0 Å². The summed E-state index contributed by atoms with van der Waals surface area (Å²) in [5, 5.41) is 20.3. The molecule has 0 spiro atoms. The van der Waals surface area contributed by atoms with E-state index in [4.69, 9.17) is 4.84 Å². The van der Waals surface area contributed by atoms with Gasteiger partial charge in [-0.3, -0.25) is 19.2 Å². The molecule has 36 heavy (non-hydrogen) atoms. The maximum Gasteiger partial charge on any atom is 0.252 e. The zero-order valence-electron chi connectivity index (χ0n) is 20.2. The van der Waals surface area contributed by atoms with Gasteiger partial charge in [0.2, 0.25) is 18.1 Å². The van der Waals surface area contributed by atoms with Crippen LogP contribution in [-0.4, -0.2) is 57.1 Å². The molecule has 3 amide bonds. The fourth-order valence-corrected chi connectivity index (χ4v) is 3.56. The number of benzene rings is 2. The summed E-state index contributed by atoms with van der Waals surface area (Å²) < 4.78 is 0. The summed E-state index contributed by atoms with van der Waals surface area (Å²) in [6.07, 6.45) is 4.01. The Bertz CT molecular complexity index is 1090. The van der Waals surface area contributed by atoms with Gasteiger partial charge in [-0.15, -0.1) is 10.2 Å². The van der Waals surface area contributed by atoms with E-state index in [9.17, 15) is 14.4 Å². The smallest absolute Gasteiger partial charge is 0.252 e. The second kappa shape index (κ2) is 14.3. The Morgan fingerprint density at radius 3 is 2.67 bits per heavy atom. The number of carbonyl (C=O) groups excluding carboxylic acids is 3. The SMILES string of the molecule is CCCCC[C@H](CN(C=O)OCc1ccccc1)C(=O)NCNC(=O)c1cccc(-c2nn[nH]n2)c1. The van der Waals surface area contributed by atoms with Crippen LogP contribution in [0.15, 0.2) is 54.6 Å². The maximum absolute atomic E-state index is 12.9. The third-order valence-electron chi connectivity index (χ3n) is 5.52. The molecule has 0 fully saturated rings. The lowest BCUT2D eigenvalue weighted by molar-refractivity contribution is -0.182. The Labute approximate surface area is 209 Å². The van der Waals surface area contributed by atoms with Crippen LogP contribution < -0.4 is 10.6 Å². The molecule has 0 bridgehead atoms. The summed E-state index contributed by atoms with van der Waals surface area (Å²) in [4.78, 5) is 42.7. The Balaban J connectivity index is 1.52. The van der Waals surface area contributed by atoms with E-state index in [0.29, 0.717) is 29.8 Å². The molecule has 190 valence electrons. The van der Waals surface area contributed by atoms with Gasteiger partial charge in [-0.25, -0.2) is 5.06 Å². The van der Waals surface area contributed by atoms with Crippen molar-refractivity contribution in [2.24, 2.45) is 5.92 Å². The fraction of sp³-hybridized carbons (Fsp3) is 0.360. The average molecular weight is 494 g/mol. The van der Waals surface area contributed by atoms with E-state index in [-0.39, 0.29) is 31.6 Å². The van der Waals surface area contributed by atoms with Crippen molar-refractivity contribution in [1.29, 1.82) is 0 Å². The van der Waals surface area contributed by atoms with E-state index in [1.54, 1.807) is 24.3 Å². The number of aromatic amines is 1. The monoisotopic (exact) mass is 493 g/mol. The van der Waals surface area contributed by atoms with E-state index < -0.39 is 5.92 Å². The first-order valence-corrected chi connectivity index (χ1v) is 11.9. The highest BCUT2D eigenvalue weighted by molar-refractivity contribution is 5.95. The molecular weight excluding hydrogens is 462 g/mol. The molecule has 11 nitrogen and oxygen atoms in total. The maximum atomic E-state index is 12.9. The number of hydrogen-bond acceptors (Lipinski definition) is 7. The Morgan fingerprint density at radius 1 is 1.11 bits per heavy atom. The van der Waals surface area contributed by atoms with Gasteiger partial charge in [0, 0.05) is 11.1 Å². The number of amides is 3. The lowest BCUT2D eigenvalue weighted by Gasteiger charge is -2.23. The van der Waals surface area contributed by atoms with Crippen LogP contribution in [0.3, 0.4) is 0 Å². The molecule has 0 unspecified atom stereocenters. The minimum atomic E-state index is -0.476. The molecule has 0 aliphatic heterocycles. The van der Waals surface area contributed by atoms with Gasteiger partial charge >= 0.3 is 0 Å². The van der Waals surface area contributed by atoms with Crippen molar-refractivity contribution >= 4 is 18.2 Å².